The van der Waals surface area contributed by atoms with E-state index in [2.05, 4.69) is 20.9 Å². The van der Waals surface area contributed by atoms with E-state index < -0.39 is 5.91 Å². The van der Waals surface area contributed by atoms with Gasteiger partial charge in [-0.15, -0.1) is 11.3 Å². The summed E-state index contributed by atoms with van der Waals surface area (Å²) in [4.78, 5) is 28.7. The Morgan fingerprint density at radius 1 is 1.38 bits per heavy atom. The number of rotatable bonds is 7. The highest BCUT2D eigenvalue weighted by atomic mass is 79.9. The van der Waals surface area contributed by atoms with Crippen LogP contribution in [0.5, 0.6) is 5.88 Å². The number of hydrogen-bond donors (Lipinski definition) is 1. The third kappa shape index (κ3) is 3.72. The molecule has 1 aromatic carbocycles. The van der Waals surface area contributed by atoms with Gasteiger partial charge in [0.05, 0.1) is 10.9 Å². The number of amides is 1. The van der Waals surface area contributed by atoms with E-state index in [1.165, 1.54) is 4.57 Å². The van der Waals surface area contributed by atoms with Crippen molar-refractivity contribution in [3.05, 3.63) is 42.1 Å². The number of unbranched alkanes of at least 4 members (excludes halogenated alkanes) is 1. The highest BCUT2D eigenvalue weighted by Crippen LogP contribution is 2.32. The summed E-state index contributed by atoms with van der Waals surface area (Å²) in [6.45, 7) is 2.35. The zero-order valence-corrected chi connectivity index (χ0v) is 17.3. The van der Waals surface area contributed by atoms with Gasteiger partial charge in [0.2, 0.25) is 5.88 Å². The number of aromatic hydroxyl groups is 1. The lowest BCUT2D eigenvalue weighted by atomic mass is 10.1. The van der Waals surface area contributed by atoms with Crippen molar-refractivity contribution >= 4 is 56.7 Å². The smallest absolute Gasteiger partial charge is 0.279 e. The number of benzene rings is 1. The number of thiazole rings is 1. The molecule has 1 amide bonds. The van der Waals surface area contributed by atoms with Crippen LogP contribution in [0.2, 0.25) is 0 Å². The number of ketones is 1. The van der Waals surface area contributed by atoms with Crippen molar-refractivity contribution in [2.24, 2.45) is 4.99 Å². The molecule has 5 nitrogen and oxygen atoms in total. The number of carbonyl (C=O) groups is 2. The van der Waals surface area contributed by atoms with E-state index in [1.54, 1.807) is 12.1 Å². The van der Waals surface area contributed by atoms with E-state index in [1.807, 2.05) is 13.0 Å². The van der Waals surface area contributed by atoms with E-state index in [4.69, 9.17) is 12.2 Å². The predicted octanol–water partition coefficient (Wildman–Crippen LogP) is 3.26. The lowest BCUT2D eigenvalue weighted by Gasteiger charge is -2.05. The van der Waals surface area contributed by atoms with Crippen molar-refractivity contribution in [1.82, 2.24) is 4.57 Å². The summed E-state index contributed by atoms with van der Waals surface area (Å²) in [7, 11) is 0. The molecule has 8 heteroatoms. The van der Waals surface area contributed by atoms with Crippen LogP contribution in [-0.4, -0.2) is 21.4 Å². The summed E-state index contributed by atoms with van der Waals surface area (Å²) in [6, 6.07) is 5.37. The van der Waals surface area contributed by atoms with Crippen LogP contribution >= 0.6 is 39.5 Å². The zero-order valence-electron chi connectivity index (χ0n) is 14.1. The number of carbonyl (C=O) groups excluding carboxylic acids is 2. The SMILES string of the molecule is CCCCC(=O)CCn1c(O)c(C2=c3cc(Br)ccc3=NC2=O)sc1=S. The third-order valence-electron chi connectivity index (χ3n) is 4.18. The van der Waals surface area contributed by atoms with E-state index >= 15 is 0 Å². The van der Waals surface area contributed by atoms with Crippen LogP contribution in [0.25, 0.3) is 5.57 Å². The van der Waals surface area contributed by atoms with Gasteiger partial charge >= 0.3 is 0 Å². The summed E-state index contributed by atoms with van der Waals surface area (Å²) in [5.41, 5.74) is 0.353. The lowest BCUT2D eigenvalue weighted by molar-refractivity contribution is -0.119. The molecule has 0 atom stereocenters. The van der Waals surface area contributed by atoms with Crippen LogP contribution in [0, 0.1) is 3.95 Å². The van der Waals surface area contributed by atoms with Gasteiger partial charge in [0.15, 0.2) is 3.95 Å². The Morgan fingerprint density at radius 2 is 2.15 bits per heavy atom. The molecular weight excluding hydrogens is 436 g/mol. The van der Waals surface area contributed by atoms with E-state index in [9.17, 15) is 14.7 Å². The maximum absolute atomic E-state index is 12.4. The van der Waals surface area contributed by atoms with Crippen LogP contribution in [0.3, 0.4) is 0 Å². The van der Waals surface area contributed by atoms with E-state index in [-0.39, 0.29) is 11.7 Å². The largest absolute Gasteiger partial charge is 0.493 e. The molecule has 0 saturated carbocycles. The molecule has 136 valence electrons. The molecule has 0 saturated heterocycles. The Bertz CT molecular complexity index is 1070. The first-order valence-corrected chi connectivity index (χ1v) is 10.3. The lowest BCUT2D eigenvalue weighted by Crippen LogP contribution is -2.22. The average molecular weight is 453 g/mol. The summed E-state index contributed by atoms with van der Waals surface area (Å²) in [5.74, 6) is -0.319. The van der Waals surface area contributed by atoms with Crippen molar-refractivity contribution in [3.8, 4) is 5.88 Å². The Hall–Kier alpha value is -1.64. The number of Topliss-reactive ketones (excluding diaryl/α,β-unsaturated/α-hetero) is 1. The maximum atomic E-state index is 12.4. The molecule has 2 heterocycles. The first kappa shape index (κ1) is 19.1. The molecule has 0 unspecified atom stereocenters. The fourth-order valence-corrected chi connectivity index (χ4v) is 4.55. The fourth-order valence-electron chi connectivity index (χ4n) is 2.80. The van der Waals surface area contributed by atoms with Crippen LogP contribution in [0.15, 0.2) is 27.7 Å². The molecule has 0 radical (unpaired) electrons. The topological polar surface area (TPSA) is 71.7 Å². The molecule has 26 heavy (non-hydrogen) atoms. The molecule has 0 spiro atoms. The van der Waals surface area contributed by atoms with Gasteiger partial charge in [-0.1, -0.05) is 29.3 Å². The summed E-state index contributed by atoms with van der Waals surface area (Å²) >= 11 is 9.90. The Balaban J connectivity index is 1.98. The second-order valence-corrected chi connectivity index (χ2v) is 8.58. The van der Waals surface area contributed by atoms with Crippen molar-refractivity contribution in [2.45, 2.75) is 39.2 Å². The second-order valence-electron chi connectivity index (χ2n) is 6.02. The standard InChI is InChI=1S/C18H17BrN2O3S2/c1-2-3-4-11(22)7-8-21-17(24)15(26-18(21)25)14-12-9-10(19)5-6-13(12)20-16(14)23/h5-6,9,24H,2-4,7-8H2,1H3. The second kappa shape index (κ2) is 7.94. The molecule has 0 bridgehead atoms. The Morgan fingerprint density at radius 3 is 2.88 bits per heavy atom. The molecule has 2 aromatic rings. The molecular formula is C18H17BrN2O3S2. The van der Waals surface area contributed by atoms with Gasteiger partial charge in [0.25, 0.3) is 5.91 Å². The molecule has 1 aliphatic heterocycles. The van der Waals surface area contributed by atoms with Crippen molar-refractivity contribution in [3.63, 3.8) is 0 Å². The van der Waals surface area contributed by atoms with Gasteiger partial charge in [-0.25, -0.2) is 4.99 Å². The number of fused-ring (bicyclic) bond motifs is 1. The first-order valence-electron chi connectivity index (χ1n) is 8.30. The maximum Gasteiger partial charge on any atom is 0.279 e. The van der Waals surface area contributed by atoms with Crippen LogP contribution in [0.1, 0.15) is 37.5 Å². The molecule has 1 aliphatic rings. The molecule has 0 fully saturated rings. The van der Waals surface area contributed by atoms with Gasteiger partial charge in [-0.2, -0.15) is 0 Å². The average Bonchev–Trinajstić information content (AvgIpc) is 3.06. The number of hydrogen-bond acceptors (Lipinski definition) is 5. The normalized spacial score (nSPS) is 13.0. The minimum absolute atomic E-state index is 0.0744. The number of halogens is 1. The van der Waals surface area contributed by atoms with Crippen LogP contribution in [-0.2, 0) is 16.1 Å². The highest BCUT2D eigenvalue weighted by Gasteiger charge is 2.25. The first-order chi connectivity index (χ1) is 12.4. The zero-order chi connectivity index (χ0) is 18.8. The quantitative estimate of drug-likeness (QED) is 0.654. The minimum Gasteiger partial charge on any atom is -0.493 e. The third-order valence-corrected chi connectivity index (χ3v) is 6.13. The number of nitrogens with zero attached hydrogens (tertiary/aromatic N) is 2. The van der Waals surface area contributed by atoms with Gasteiger partial charge in [-0.3, -0.25) is 14.2 Å². The molecule has 1 aromatic heterocycles. The summed E-state index contributed by atoms with van der Waals surface area (Å²) < 4.78 is 2.78. The van der Waals surface area contributed by atoms with Gasteiger partial charge in [0, 0.05) is 29.1 Å². The minimum atomic E-state index is -0.393. The van der Waals surface area contributed by atoms with Gasteiger partial charge < -0.3 is 5.11 Å². The van der Waals surface area contributed by atoms with Crippen molar-refractivity contribution in [2.75, 3.05) is 0 Å². The predicted molar refractivity (Wildman–Crippen MR) is 106 cm³/mol. The monoisotopic (exact) mass is 452 g/mol. The molecule has 0 aliphatic carbocycles. The summed E-state index contributed by atoms with van der Waals surface area (Å²) in [6.07, 6.45) is 2.69. The Kier molecular flexibility index (Phi) is 5.84. The van der Waals surface area contributed by atoms with E-state index in [0.29, 0.717) is 44.4 Å². The summed E-state index contributed by atoms with van der Waals surface area (Å²) in [5, 5.41) is 11.9. The molecule has 3 rings (SSSR count). The van der Waals surface area contributed by atoms with Gasteiger partial charge in [0.1, 0.15) is 10.7 Å². The Labute approximate surface area is 167 Å². The van der Waals surface area contributed by atoms with Crippen molar-refractivity contribution < 1.29 is 14.7 Å². The van der Waals surface area contributed by atoms with Crippen LogP contribution in [0.4, 0.5) is 0 Å². The van der Waals surface area contributed by atoms with Gasteiger partial charge in [-0.05, 0) is 36.8 Å². The number of aromatic nitrogens is 1. The molecule has 1 N–H and O–H groups in total. The van der Waals surface area contributed by atoms with Crippen LogP contribution < -0.4 is 10.6 Å². The van der Waals surface area contributed by atoms with E-state index in [0.717, 1.165) is 28.7 Å². The van der Waals surface area contributed by atoms with Crippen molar-refractivity contribution in [1.29, 1.82) is 0 Å². The fraction of sp³-hybridized carbons (Fsp3) is 0.333. The highest BCUT2D eigenvalue weighted by molar-refractivity contribution is 9.10.